The van der Waals surface area contributed by atoms with Gasteiger partial charge in [0, 0.05) is 42.5 Å². The van der Waals surface area contributed by atoms with E-state index in [0.717, 1.165) is 34.7 Å². The molecular weight excluding hydrogens is 382 g/mol. The summed E-state index contributed by atoms with van der Waals surface area (Å²) in [6, 6.07) is 15.1. The van der Waals surface area contributed by atoms with Crippen molar-refractivity contribution in [2.75, 3.05) is 30.0 Å². The number of amides is 2. The molecule has 152 valence electrons. The number of hydrogen-bond donors (Lipinski definition) is 0. The smallest absolute Gasteiger partial charge is 0.232 e. The highest BCUT2D eigenvalue weighted by molar-refractivity contribution is 6.05. The number of methoxy groups -OCH3 is 1. The molecule has 7 heteroatoms. The molecule has 2 aliphatic rings. The number of ether oxygens (including phenoxy) is 1. The summed E-state index contributed by atoms with van der Waals surface area (Å²) in [5.74, 6) is 1.07. The highest BCUT2D eigenvalue weighted by Gasteiger charge is 2.39. The fourth-order valence-electron chi connectivity index (χ4n) is 4.25. The number of anilines is 2. The van der Waals surface area contributed by atoms with E-state index in [-0.39, 0.29) is 24.2 Å². The van der Waals surface area contributed by atoms with Crippen LogP contribution >= 0.6 is 0 Å². The van der Waals surface area contributed by atoms with Gasteiger partial charge in [0.25, 0.3) is 0 Å². The quantitative estimate of drug-likeness (QED) is 0.668. The van der Waals surface area contributed by atoms with Gasteiger partial charge in [-0.3, -0.25) is 9.59 Å². The summed E-state index contributed by atoms with van der Waals surface area (Å²) in [5, 5.41) is 3.75. The van der Waals surface area contributed by atoms with Gasteiger partial charge in [0.15, 0.2) is 5.76 Å². The lowest BCUT2D eigenvalue weighted by molar-refractivity contribution is -0.124. The van der Waals surface area contributed by atoms with Crippen LogP contribution in [0.1, 0.15) is 12.0 Å². The molecule has 0 aliphatic carbocycles. The molecule has 0 saturated carbocycles. The molecule has 0 radical (unpaired) electrons. The van der Waals surface area contributed by atoms with Gasteiger partial charge < -0.3 is 19.1 Å². The lowest BCUT2D eigenvalue weighted by Gasteiger charge is -2.22. The van der Waals surface area contributed by atoms with Gasteiger partial charge in [-0.15, -0.1) is 0 Å². The van der Waals surface area contributed by atoms with Gasteiger partial charge in [-0.25, -0.2) is 0 Å². The molecule has 2 aliphatic heterocycles. The average molecular weight is 403 g/mol. The maximum atomic E-state index is 13.2. The van der Waals surface area contributed by atoms with Crippen molar-refractivity contribution < 1.29 is 18.8 Å². The van der Waals surface area contributed by atoms with E-state index in [2.05, 4.69) is 5.16 Å². The standard InChI is InChI=1S/C23H21N3O4/c1-29-19-5-3-18(4-6-19)26-14-17(13-22(26)27)23(28)25-11-9-15-12-16(2-7-20(15)25)21-8-10-24-30-21/h2-8,10,12,17H,9,11,13-14H2,1H3/t17-/m0/s1. The lowest BCUT2D eigenvalue weighted by Crippen LogP contribution is -2.36. The topological polar surface area (TPSA) is 75.9 Å². The SMILES string of the molecule is COc1ccc(N2C[C@@H](C(=O)N3CCc4cc(-c5ccno5)ccc43)CC2=O)cc1. The zero-order valence-electron chi connectivity index (χ0n) is 16.6. The van der Waals surface area contributed by atoms with Crippen LogP contribution in [-0.4, -0.2) is 37.2 Å². The Balaban J connectivity index is 1.33. The number of fused-ring (bicyclic) bond motifs is 1. The molecule has 1 atom stereocenters. The van der Waals surface area contributed by atoms with Gasteiger partial charge in [-0.05, 0) is 54.4 Å². The number of aromatic nitrogens is 1. The molecule has 0 spiro atoms. The average Bonchev–Trinajstić information content (AvgIpc) is 3.52. The Morgan fingerprint density at radius 1 is 1.17 bits per heavy atom. The molecule has 1 aromatic heterocycles. The van der Waals surface area contributed by atoms with E-state index < -0.39 is 0 Å². The highest BCUT2D eigenvalue weighted by atomic mass is 16.5. The van der Waals surface area contributed by atoms with Crippen molar-refractivity contribution in [1.82, 2.24) is 5.16 Å². The van der Waals surface area contributed by atoms with E-state index in [1.165, 1.54) is 0 Å². The van der Waals surface area contributed by atoms with Gasteiger partial charge >= 0.3 is 0 Å². The first-order chi connectivity index (χ1) is 14.6. The second kappa shape index (κ2) is 7.33. The minimum absolute atomic E-state index is 0.00512. The van der Waals surface area contributed by atoms with Crippen molar-refractivity contribution in [3.63, 3.8) is 0 Å². The zero-order chi connectivity index (χ0) is 20.7. The van der Waals surface area contributed by atoms with Gasteiger partial charge in [0.2, 0.25) is 11.8 Å². The number of hydrogen-bond acceptors (Lipinski definition) is 5. The van der Waals surface area contributed by atoms with E-state index in [9.17, 15) is 9.59 Å². The van der Waals surface area contributed by atoms with E-state index >= 15 is 0 Å². The van der Waals surface area contributed by atoms with Crippen molar-refractivity contribution in [1.29, 1.82) is 0 Å². The third-order valence-electron chi connectivity index (χ3n) is 5.82. The van der Waals surface area contributed by atoms with E-state index in [4.69, 9.17) is 9.26 Å². The molecule has 0 unspecified atom stereocenters. The number of carbonyl (C=O) groups is 2. The monoisotopic (exact) mass is 403 g/mol. The third-order valence-corrected chi connectivity index (χ3v) is 5.82. The van der Waals surface area contributed by atoms with Crippen LogP contribution in [0.3, 0.4) is 0 Å². The predicted octanol–water partition coefficient (Wildman–Crippen LogP) is 3.29. The largest absolute Gasteiger partial charge is 0.497 e. The minimum atomic E-state index is -0.348. The Morgan fingerprint density at radius 3 is 2.73 bits per heavy atom. The molecule has 0 bridgehead atoms. The molecule has 0 N–H and O–H groups in total. The summed E-state index contributed by atoms with van der Waals surface area (Å²) in [5.41, 5.74) is 3.75. The molecule has 3 aromatic rings. The molecule has 3 heterocycles. The van der Waals surface area contributed by atoms with Gasteiger partial charge in [0.1, 0.15) is 5.75 Å². The van der Waals surface area contributed by atoms with Crippen LogP contribution in [0.5, 0.6) is 5.75 Å². The summed E-state index contributed by atoms with van der Waals surface area (Å²) in [6.45, 7) is 1.02. The summed E-state index contributed by atoms with van der Waals surface area (Å²) >= 11 is 0. The summed E-state index contributed by atoms with van der Waals surface area (Å²) in [7, 11) is 1.60. The summed E-state index contributed by atoms with van der Waals surface area (Å²) in [6.07, 6.45) is 2.63. The second-order valence-corrected chi connectivity index (χ2v) is 7.56. The summed E-state index contributed by atoms with van der Waals surface area (Å²) in [4.78, 5) is 29.3. The predicted molar refractivity (Wildman–Crippen MR) is 111 cm³/mol. The summed E-state index contributed by atoms with van der Waals surface area (Å²) < 4.78 is 10.4. The fourth-order valence-corrected chi connectivity index (χ4v) is 4.25. The maximum absolute atomic E-state index is 13.2. The first-order valence-electron chi connectivity index (χ1n) is 9.94. The van der Waals surface area contributed by atoms with Crippen LogP contribution in [0.15, 0.2) is 59.3 Å². The maximum Gasteiger partial charge on any atom is 0.232 e. The normalized spacial score (nSPS) is 18.0. The van der Waals surface area contributed by atoms with Gasteiger partial charge in [-0.2, -0.15) is 0 Å². The molecule has 30 heavy (non-hydrogen) atoms. The Labute approximate surface area is 173 Å². The Kier molecular flexibility index (Phi) is 4.50. The van der Waals surface area contributed by atoms with Crippen molar-refractivity contribution in [3.8, 4) is 17.1 Å². The number of benzene rings is 2. The number of carbonyl (C=O) groups excluding carboxylic acids is 2. The van der Waals surface area contributed by atoms with E-state index in [1.54, 1.807) is 18.2 Å². The van der Waals surface area contributed by atoms with Crippen molar-refractivity contribution >= 4 is 23.2 Å². The second-order valence-electron chi connectivity index (χ2n) is 7.56. The minimum Gasteiger partial charge on any atom is -0.497 e. The van der Waals surface area contributed by atoms with Gasteiger partial charge in [-0.1, -0.05) is 5.16 Å². The number of nitrogens with zero attached hydrogens (tertiary/aromatic N) is 3. The lowest BCUT2D eigenvalue weighted by atomic mass is 10.1. The number of rotatable bonds is 4. The van der Waals surface area contributed by atoms with Crippen LogP contribution in [0.2, 0.25) is 0 Å². The third kappa shape index (κ3) is 3.12. The molecular formula is C23H21N3O4. The van der Waals surface area contributed by atoms with Crippen LogP contribution in [0, 0.1) is 5.92 Å². The van der Waals surface area contributed by atoms with Crippen LogP contribution in [0.4, 0.5) is 11.4 Å². The van der Waals surface area contributed by atoms with Crippen molar-refractivity contribution in [2.24, 2.45) is 5.92 Å². The van der Waals surface area contributed by atoms with Crippen LogP contribution in [-0.2, 0) is 16.0 Å². The fraction of sp³-hybridized carbons (Fsp3) is 0.261. The van der Waals surface area contributed by atoms with Crippen LogP contribution < -0.4 is 14.5 Å². The Morgan fingerprint density at radius 2 is 2.00 bits per heavy atom. The molecule has 2 aromatic carbocycles. The molecule has 5 rings (SSSR count). The Bertz CT molecular complexity index is 1090. The van der Waals surface area contributed by atoms with Crippen molar-refractivity contribution in [3.05, 3.63) is 60.3 Å². The first-order valence-corrected chi connectivity index (χ1v) is 9.94. The zero-order valence-corrected chi connectivity index (χ0v) is 16.6. The van der Waals surface area contributed by atoms with Gasteiger partial charge in [0.05, 0.1) is 19.2 Å². The Hall–Kier alpha value is -3.61. The highest BCUT2D eigenvalue weighted by Crippen LogP contribution is 2.35. The van der Waals surface area contributed by atoms with Crippen LogP contribution in [0.25, 0.3) is 11.3 Å². The molecule has 1 saturated heterocycles. The molecule has 2 amide bonds. The first kappa shape index (κ1) is 18.4. The molecule has 7 nitrogen and oxygen atoms in total. The van der Waals surface area contributed by atoms with E-state index in [0.29, 0.717) is 18.8 Å². The van der Waals surface area contributed by atoms with Crippen molar-refractivity contribution in [2.45, 2.75) is 12.8 Å². The molecule has 1 fully saturated rings. The van der Waals surface area contributed by atoms with E-state index in [1.807, 2.05) is 53.4 Å².